The molecule has 2 rings (SSSR count). The van der Waals surface area contributed by atoms with Crippen molar-refractivity contribution in [1.82, 2.24) is 10.2 Å². The highest BCUT2D eigenvalue weighted by molar-refractivity contribution is 5.92. The third-order valence-electron chi connectivity index (χ3n) is 4.23. The third-order valence-corrected chi connectivity index (χ3v) is 4.23. The number of carboxylic acid groups (broad SMARTS) is 1. The van der Waals surface area contributed by atoms with E-state index in [1.54, 1.807) is 12.1 Å². The molecule has 1 aromatic rings. The molecule has 8 heteroatoms. The van der Waals surface area contributed by atoms with E-state index in [9.17, 15) is 24.6 Å². The van der Waals surface area contributed by atoms with E-state index in [-0.39, 0.29) is 12.2 Å². The number of nitrogens with two attached hydrogens (primary N) is 1. The number of nitrogens with one attached hydrogen (secondary N) is 1. The molecule has 1 fully saturated rings. The molecule has 8 nitrogen and oxygen atoms in total. The van der Waals surface area contributed by atoms with Crippen molar-refractivity contribution < 1.29 is 24.6 Å². The van der Waals surface area contributed by atoms with Gasteiger partial charge in [-0.25, -0.2) is 4.79 Å². The van der Waals surface area contributed by atoms with Gasteiger partial charge >= 0.3 is 5.97 Å². The van der Waals surface area contributed by atoms with Crippen LogP contribution in [0.5, 0.6) is 5.75 Å². The summed E-state index contributed by atoms with van der Waals surface area (Å²) in [5, 5.41) is 21.2. The average molecular weight is 349 g/mol. The van der Waals surface area contributed by atoms with Crippen molar-refractivity contribution >= 4 is 17.8 Å². The zero-order valence-electron chi connectivity index (χ0n) is 14.0. The largest absolute Gasteiger partial charge is 0.508 e. The number of rotatable bonds is 6. The molecule has 25 heavy (non-hydrogen) atoms. The Morgan fingerprint density at radius 1 is 1.32 bits per heavy atom. The van der Waals surface area contributed by atoms with Crippen molar-refractivity contribution in [2.75, 3.05) is 6.54 Å². The van der Waals surface area contributed by atoms with Crippen LogP contribution in [0.4, 0.5) is 0 Å². The van der Waals surface area contributed by atoms with E-state index < -0.39 is 35.9 Å². The number of aromatic hydroxyl groups is 1. The Morgan fingerprint density at radius 2 is 1.96 bits per heavy atom. The zero-order valence-corrected chi connectivity index (χ0v) is 14.0. The number of carbonyl (C=O) groups excluding carboxylic acids is 2. The Bertz CT molecular complexity index is 644. The number of hydrogen-bond acceptors (Lipinski definition) is 5. The minimum atomic E-state index is -1.05. The molecule has 0 unspecified atom stereocenters. The first-order valence-corrected chi connectivity index (χ1v) is 8.16. The van der Waals surface area contributed by atoms with Gasteiger partial charge in [-0.15, -0.1) is 0 Å². The van der Waals surface area contributed by atoms with Crippen LogP contribution in [0.15, 0.2) is 24.3 Å². The van der Waals surface area contributed by atoms with Crippen molar-refractivity contribution in [1.29, 1.82) is 0 Å². The first-order chi connectivity index (χ1) is 11.8. The smallest absolute Gasteiger partial charge is 0.326 e. The number of likely N-dealkylation sites (tertiary alicyclic amines) is 1. The highest BCUT2D eigenvalue weighted by Crippen LogP contribution is 2.20. The molecule has 0 radical (unpaired) electrons. The maximum Gasteiger partial charge on any atom is 0.326 e. The second-order valence-electron chi connectivity index (χ2n) is 6.25. The summed E-state index contributed by atoms with van der Waals surface area (Å²) in [7, 11) is 0. The summed E-state index contributed by atoms with van der Waals surface area (Å²) in [6.07, 6.45) is 1.19. The zero-order chi connectivity index (χ0) is 18.6. The summed E-state index contributed by atoms with van der Waals surface area (Å²) in [6, 6.07) is 3.69. The summed E-state index contributed by atoms with van der Waals surface area (Å²) in [6.45, 7) is 1.85. The van der Waals surface area contributed by atoms with Crippen LogP contribution in [0.1, 0.15) is 25.3 Å². The lowest BCUT2D eigenvalue weighted by molar-refractivity contribution is -0.149. The maximum absolute atomic E-state index is 12.8. The SMILES string of the molecule is C[C@H](N)C(=O)N[C@@H](Cc1ccc(O)cc1)C(=O)N1CCC[C@H]1C(=O)O. The fraction of sp³-hybridized carbons (Fsp3) is 0.471. The van der Waals surface area contributed by atoms with Gasteiger partial charge in [-0.2, -0.15) is 0 Å². The first-order valence-electron chi connectivity index (χ1n) is 8.16. The minimum absolute atomic E-state index is 0.0942. The van der Waals surface area contributed by atoms with Crippen molar-refractivity contribution in [3.8, 4) is 5.75 Å². The van der Waals surface area contributed by atoms with Gasteiger partial charge in [-0.3, -0.25) is 9.59 Å². The van der Waals surface area contributed by atoms with Gasteiger partial charge in [0.15, 0.2) is 0 Å². The number of amides is 2. The fourth-order valence-electron chi connectivity index (χ4n) is 2.86. The molecule has 2 amide bonds. The van der Waals surface area contributed by atoms with Crippen LogP contribution < -0.4 is 11.1 Å². The van der Waals surface area contributed by atoms with E-state index in [2.05, 4.69) is 5.32 Å². The van der Waals surface area contributed by atoms with E-state index in [0.717, 1.165) is 5.56 Å². The fourth-order valence-corrected chi connectivity index (χ4v) is 2.86. The Morgan fingerprint density at radius 3 is 2.52 bits per heavy atom. The molecule has 1 aromatic carbocycles. The molecule has 136 valence electrons. The van der Waals surface area contributed by atoms with Gasteiger partial charge in [0, 0.05) is 13.0 Å². The molecule has 0 spiro atoms. The highest BCUT2D eigenvalue weighted by atomic mass is 16.4. The van der Waals surface area contributed by atoms with Gasteiger partial charge in [0.1, 0.15) is 17.8 Å². The second-order valence-corrected chi connectivity index (χ2v) is 6.25. The number of phenols is 1. The number of phenolic OH excluding ortho intramolecular Hbond substituents is 1. The van der Waals surface area contributed by atoms with Crippen molar-refractivity contribution in [2.24, 2.45) is 5.73 Å². The van der Waals surface area contributed by atoms with E-state index in [1.165, 1.54) is 24.0 Å². The lowest BCUT2D eigenvalue weighted by Crippen LogP contribution is -2.54. The molecule has 0 aliphatic carbocycles. The van der Waals surface area contributed by atoms with Gasteiger partial charge in [0.2, 0.25) is 11.8 Å². The molecule has 1 heterocycles. The van der Waals surface area contributed by atoms with Crippen LogP contribution in [0.2, 0.25) is 0 Å². The summed E-state index contributed by atoms with van der Waals surface area (Å²) < 4.78 is 0. The van der Waals surface area contributed by atoms with Crippen LogP contribution >= 0.6 is 0 Å². The Labute approximate surface area is 145 Å². The van der Waals surface area contributed by atoms with E-state index >= 15 is 0 Å². The molecule has 5 N–H and O–H groups in total. The molecule has 1 aliphatic rings. The predicted octanol–water partition coefficient (Wildman–Crippen LogP) is -0.158. The highest BCUT2D eigenvalue weighted by Gasteiger charge is 2.37. The molecule has 0 saturated carbocycles. The molecule has 3 atom stereocenters. The minimum Gasteiger partial charge on any atom is -0.508 e. The monoisotopic (exact) mass is 349 g/mol. The second kappa shape index (κ2) is 7.98. The van der Waals surface area contributed by atoms with Crippen LogP contribution in [0.3, 0.4) is 0 Å². The number of aliphatic carboxylic acids is 1. The van der Waals surface area contributed by atoms with Gasteiger partial charge in [0.25, 0.3) is 0 Å². The van der Waals surface area contributed by atoms with Crippen molar-refractivity contribution in [2.45, 2.75) is 44.3 Å². The standard InChI is InChI=1S/C17H23N3O5/c1-10(18)15(22)19-13(9-11-4-6-12(21)7-5-11)16(23)20-8-2-3-14(20)17(24)25/h4-7,10,13-14,21H,2-3,8-9,18H2,1H3,(H,19,22)(H,24,25)/t10-,13-,14-/m0/s1. The molecular weight excluding hydrogens is 326 g/mol. The summed E-state index contributed by atoms with van der Waals surface area (Å²) in [4.78, 5) is 37.5. The van der Waals surface area contributed by atoms with E-state index in [4.69, 9.17) is 5.73 Å². The summed E-state index contributed by atoms with van der Waals surface area (Å²) in [5.74, 6) is -1.88. The Kier molecular flexibility index (Phi) is 5.97. The van der Waals surface area contributed by atoms with Crippen molar-refractivity contribution in [3.05, 3.63) is 29.8 Å². The van der Waals surface area contributed by atoms with Gasteiger partial charge in [-0.05, 0) is 37.5 Å². The maximum atomic E-state index is 12.8. The number of carbonyl (C=O) groups is 3. The number of carboxylic acids is 1. The molecular formula is C17H23N3O5. The topological polar surface area (TPSA) is 133 Å². The average Bonchev–Trinajstić information content (AvgIpc) is 3.05. The van der Waals surface area contributed by atoms with E-state index in [1.807, 2.05) is 0 Å². The van der Waals surface area contributed by atoms with Gasteiger partial charge < -0.3 is 26.2 Å². The van der Waals surface area contributed by atoms with Crippen molar-refractivity contribution in [3.63, 3.8) is 0 Å². The molecule has 0 bridgehead atoms. The number of hydrogen-bond donors (Lipinski definition) is 4. The third kappa shape index (κ3) is 4.69. The normalized spacial score (nSPS) is 19.3. The van der Waals surface area contributed by atoms with Crippen LogP contribution in [0, 0.1) is 0 Å². The molecule has 1 aliphatic heterocycles. The van der Waals surface area contributed by atoms with E-state index in [0.29, 0.717) is 19.4 Å². The quantitative estimate of drug-likeness (QED) is 0.564. The van der Waals surface area contributed by atoms with Crippen LogP contribution in [-0.2, 0) is 20.8 Å². The van der Waals surface area contributed by atoms with Gasteiger partial charge in [0.05, 0.1) is 6.04 Å². The van der Waals surface area contributed by atoms with Gasteiger partial charge in [-0.1, -0.05) is 12.1 Å². The Balaban J connectivity index is 2.20. The first kappa shape index (κ1) is 18.7. The lowest BCUT2D eigenvalue weighted by Gasteiger charge is -2.28. The van der Waals surface area contributed by atoms with Crippen LogP contribution in [0.25, 0.3) is 0 Å². The summed E-state index contributed by atoms with van der Waals surface area (Å²) >= 11 is 0. The lowest BCUT2D eigenvalue weighted by atomic mass is 10.0. The molecule has 1 saturated heterocycles. The number of nitrogens with zero attached hydrogens (tertiary/aromatic N) is 1. The summed E-state index contributed by atoms with van der Waals surface area (Å²) in [5.41, 5.74) is 6.29. The number of benzene rings is 1. The predicted molar refractivity (Wildman–Crippen MR) is 89.8 cm³/mol. The molecule has 0 aromatic heterocycles. The van der Waals surface area contributed by atoms with Crippen LogP contribution in [-0.4, -0.2) is 57.6 Å². The Hall–Kier alpha value is -2.61.